The van der Waals surface area contributed by atoms with E-state index >= 15 is 0 Å². The van der Waals surface area contributed by atoms with Crippen molar-refractivity contribution in [1.29, 1.82) is 0 Å². The van der Waals surface area contributed by atoms with Crippen LogP contribution in [0.4, 0.5) is 0 Å². The van der Waals surface area contributed by atoms with Gasteiger partial charge in [0.1, 0.15) is 121 Å². The van der Waals surface area contributed by atoms with Gasteiger partial charge in [-0.05, 0) is 18.2 Å². The van der Waals surface area contributed by atoms with E-state index in [9.17, 15) is 86.5 Å². The molecule has 0 aromatic heterocycles. The van der Waals surface area contributed by atoms with Crippen LogP contribution < -0.4 is 18.9 Å². The molecule has 5 fully saturated rings. The number of hydrogen-bond donors (Lipinski definition) is 16. The van der Waals surface area contributed by atoms with E-state index in [-0.39, 0.29) is 17.1 Å². The lowest BCUT2D eigenvalue weighted by molar-refractivity contribution is -0.322. The van der Waals surface area contributed by atoms with E-state index in [2.05, 4.69) is 0 Å². The summed E-state index contributed by atoms with van der Waals surface area (Å²) < 4.78 is 68.5. The first kappa shape index (κ1) is 55.9. The molecule has 406 valence electrons. The zero-order chi connectivity index (χ0) is 52.3. The molecule has 5 saturated heterocycles. The molecular weight excluding hydrogens is 980 g/mol. The minimum Gasteiger partial charge on any atom is -0.496 e. The summed E-state index contributed by atoms with van der Waals surface area (Å²) in [6.07, 6.45) is -38.2. The number of methoxy groups -OCH3 is 1. The van der Waals surface area contributed by atoms with E-state index < -0.39 is 204 Å². The van der Waals surface area contributed by atoms with Crippen LogP contribution in [0.5, 0.6) is 23.0 Å². The molecule has 0 saturated carbocycles. The summed E-state index contributed by atoms with van der Waals surface area (Å²) >= 11 is 0. The molecule has 0 radical (unpaired) electrons. The van der Waals surface area contributed by atoms with Crippen molar-refractivity contribution in [3.8, 4) is 23.0 Å². The third-order valence-electron chi connectivity index (χ3n) is 12.7. The van der Waals surface area contributed by atoms with Gasteiger partial charge in [-0.3, -0.25) is 0 Å². The van der Waals surface area contributed by atoms with E-state index in [1.807, 2.05) is 0 Å². The lowest BCUT2D eigenvalue weighted by Gasteiger charge is -2.43. The van der Waals surface area contributed by atoms with Crippen LogP contribution in [0.1, 0.15) is 15.9 Å². The molecule has 0 bridgehead atoms. The van der Waals surface area contributed by atoms with Crippen LogP contribution in [0.15, 0.2) is 36.4 Å². The molecule has 7 rings (SSSR count). The van der Waals surface area contributed by atoms with Gasteiger partial charge in [0.25, 0.3) is 0 Å². The first-order chi connectivity index (χ1) is 34.3. The van der Waals surface area contributed by atoms with Gasteiger partial charge in [-0.25, -0.2) is 4.79 Å². The smallest absolute Gasteiger partial charge is 0.346 e. The molecule has 29 nitrogen and oxygen atoms in total. The average Bonchev–Trinajstić information content (AvgIpc) is 3.83. The standard InChI is InChI=1S/C43H60O29/c1-61-17-6-7-18(65-40-32(57)34(27(52)22(11-47)68-40)71-42-36(58)43(60,13-48)14-63-42)33(70-41-35(29(54)25(50)20(9-45)69-41)72-39-30(55)26(51)21(10-46)67-39)23(17)37(59)62-12-15-4-2-3-5-16(15)64-38-31(56)28(53)24(49)19(8-44)66-38/h2-7,19-22,24-32,34-36,38-42,44-58,60H,8-14H2,1H3/t19-,20-,21+,22-,24-,25-,26+,27-,28+,29+,30-,31-,32-,34+,35-,36+,38-,39+,40-,41+,42+,43-/m1/s1. The Bertz CT molecular complexity index is 2080. The highest BCUT2D eigenvalue weighted by Gasteiger charge is 2.55. The number of esters is 1. The second-order valence-corrected chi connectivity index (χ2v) is 17.4. The normalized spacial score (nSPS) is 41.2. The number of para-hydroxylation sites is 1. The average molecular weight is 1040 g/mol. The van der Waals surface area contributed by atoms with Crippen molar-refractivity contribution >= 4 is 5.97 Å². The van der Waals surface area contributed by atoms with E-state index in [0.717, 1.165) is 19.2 Å². The summed E-state index contributed by atoms with van der Waals surface area (Å²) in [5.74, 6) is -3.12. The molecule has 5 aliphatic heterocycles. The zero-order valence-corrected chi connectivity index (χ0v) is 38.0. The number of aliphatic hydroxyl groups excluding tert-OH is 15. The number of carbonyl (C=O) groups is 1. The third-order valence-corrected chi connectivity index (χ3v) is 12.7. The summed E-state index contributed by atoms with van der Waals surface area (Å²) in [7, 11) is 1.12. The van der Waals surface area contributed by atoms with Crippen LogP contribution in [0.2, 0.25) is 0 Å². The molecule has 5 aliphatic rings. The molecule has 16 N–H and O–H groups in total. The van der Waals surface area contributed by atoms with Crippen molar-refractivity contribution < 1.29 is 143 Å². The lowest BCUT2D eigenvalue weighted by atomic mass is 9.98. The predicted octanol–water partition coefficient (Wildman–Crippen LogP) is -8.48. The Kier molecular flexibility index (Phi) is 18.5. The van der Waals surface area contributed by atoms with E-state index in [1.165, 1.54) is 24.3 Å². The van der Waals surface area contributed by atoms with Crippen molar-refractivity contribution in [2.75, 3.05) is 46.8 Å². The van der Waals surface area contributed by atoms with Crippen LogP contribution in [0.25, 0.3) is 0 Å². The number of benzene rings is 2. The lowest BCUT2D eigenvalue weighted by Crippen LogP contribution is -2.62. The fraction of sp³-hybridized carbons (Fsp3) is 0.698. The summed E-state index contributed by atoms with van der Waals surface area (Å²) in [6.45, 7) is -5.77. The highest BCUT2D eigenvalue weighted by molar-refractivity contribution is 5.96. The van der Waals surface area contributed by atoms with Gasteiger partial charge in [0.05, 0.1) is 46.8 Å². The first-order valence-electron chi connectivity index (χ1n) is 22.4. The quantitative estimate of drug-likeness (QED) is 0.0581. The Morgan fingerprint density at radius 1 is 0.556 bits per heavy atom. The van der Waals surface area contributed by atoms with Crippen LogP contribution in [0, 0.1) is 0 Å². The minimum absolute atomic E-state index is 0.0874. The molecular formula is C43H60O29. The van der Waals surface area contributed by atoms with Gasteiger partial charge in [-0.1, -0.05) is 18.2 Å². The molecule has 5 heterocycles. The van der Waals surface area contributed by atoms with Gasteiger partial charge in [-0.15, -0.1) is 0 Å². The Labute approximate surface area is 407 Å². The van der Waals surface area contributed by atoms with Gasteiger partial charge in [-0.2, -0.15) is 0 Å². The molecule has 0 aliphatic carbocycles. The second-order valence-electron chi connectivity index (χ2n) is 17.4. The number of rotatable bonds is 19. The van der Waals surface area contributed by atoms with E-state index in [1.54, 1.807) is 0 Å². The van der Waals surface area contributed by atoms with Crippen LogP contribution in [-0.2, 0) is 44.5 Å². The third kappa shape index (κ3) is 11.2. The maximum Gasteiger partial charge on any atom is 0.346 e. The van der Waals surface area contributed by atoms with Crippen molar-refractivity contribution in [1.82, 2.24) is 0 Å². The number of carbonyl (C=O) groups excluding carboxylic acids is 1. The summed E-state index contributed by atoms with van der Waals surface area (Å²) in [6, 6.07) is 8.01. The predicted molar refractivity (Wildman–Crippen MR) is 225 cm³/mol. The highest BCUT2D eigenvalue weighted by atomic mass is 16.8. The fourth-order valence-corrected chi connectivity index (χ4v) is 8.41. The Morgan fingerprint density at radius 3 is 1.68 bits per heavy atom. The minimum atomic E-state index is -2.21. The molecule has 2 aromatic carbocycles. The van der Waals surface area contributed by atoms with Gasteiger partial charge in [0.2, 0.25) is 18.9 Å². The van der Waals surface area contributed by atoms with Gasteiger partial charge < -0.3 is 139 Å². The number of hydrogen-bond acceptors (Lipinski definition) is 29. The van der Waals surface area contributed by atoms with Crippen molar-refractivity contribution in [3.05, 3.63) is 47.5 Å². The first-order valence-corrected chi connectivity index (χ1v) is 22.4. The Balaban J connectivity index is 1.25. The van der Waals surface area contributed by atoms with Crippen LogP contribution in [-0.4, -0.2) is 269 Å². The van der Waals surface area contributed by atoms with Crippen molar-refractivity contribution in [2.24, 2.45) is 0 Å². The van der Waals surface area contributed by atoms with Crippen LogP contribution in [0.3, 0.4) is 0 Å². The second kappa shape index (κ2) is 23.8. The Morgan fingerprint density at radius 2 is 1.07 bits per heavy atom. The summed E-state index contributed by atoms with van der Waals surface area (Å²) in [5.41, 5.74) is -2.79. The van der Waals surface area contributed by atoms with Gasteiger partial charge in [0, 0.05) is 5.56 Å². The molecule has 29 heteroatoms. The maximum atomic E-state index is 14.5. The van der Waals surface area contributed by atoms with Crippen molar-refractivity contribution in [2.45, 2.75) is 141 Å². The Hall–Kier alpha value is -3.81. The zero-order valence-electron chi connectivity index (χ0n) is 38.0. The van der Waals surface area contributed by atoms with Crippen molar-refractivity contribution in [3.63, 3.8) is 0 Å². The maximum absolute atomic E-state index is 14.5. The molecule has 72 heavy (non-hydrogen) atoms. The van der Waals surface area contributed by atoms with Gasteiger partial charge >= 0.3 is 5.97 Å². The van der Waals surface area contributed by atoms with Gasteiger partial charge in [0.15, 0.2) is 30.2 Å². The highest BCUT2D eigenvalue weighted by Crippen LogP contribution is 2.43. The van der Waals surface area contributed by atoms with Crippen LogP contribution >= 0.6 is 0 Å². The molecule has 22 atom stereocenters. The molecule has 0 amide bonds. The fourth-order valence-electron chi connectivity index (χ4n) is 8.41. The summed E-state index contributed by atoms with van der Waals surface area (Å²) in [5, 5.41) is 168. The monoisotopic (exact) mass is 1040 g/mol. The SMILES string of the molecule is COc1ccc(O[C@@H]2O[C@H](CO)[C@@H](O)[C@H](O[C@@H]3OC[C@](O)(CO)[C@H]3O)[C@H]2O)c(O[C@@H]2O[C@H](CO)[C@@H](O)[C@H](O)[C@H]2O[C@@H]2O[C@@H](CO)[C@H](O)[C@H]2O)c1C(=O)OCc1ccccc1O[C@@H]1O[C@H](CO)[C@@H](O)[C@H](O)[C@H]1O. The molecule has 0 spiro atoms. The summed E-state index contributed by atoms with van der Waals surface area (Å²) in [4.78, 5) is 14.5. The number of aliphatic hydroxyl groups is 16. The molecule has 2 aromatic rings. The van der Waals surface area contributed by atoms with E-state index in [0.29, 0.717) is 0 Å². The number of ether oxygens (including phenoxy) is 12. The largest absolute Gasteiger partial charge is 0.496 e. The molecule has 0 unspecified atom stereocenters. The van der Waals surface area contributed by atoms with E-state index in [4.69, 9.17) is 56.8 Å². The topological polar surface area (TPSA) is 452 Å².